The van der Waals surface area contributed by atoms with Gasteiger partial charge in [0.05, 0.1) is 12.7 Å². The molecule has 0 atom stereocenters. The van der Waals surface area contributed by atoms with Crippen LogP contribution in [0.1, 0.15) is 44.7 Å². The van der Waals surface area contributed by atoms with Crippen molar-refractivity contribution in [1.29, 1.82) is 0 Å². The molecule has 0 aromatic heterocycles. The van der Waals surface area contributed by atoms with E-state index in [1.54, 1.807) is 18.2 Å². The summed E-state index contributed by atoms with van der Waals surface area (Å²) >= 11 is 0. The number of carbonyl (C=O) groups is 3. The van der Waals surface area contributed by atoms with Gasteiger partial charge in [0.2, 0.25) is 5.91 Å². The minimum Gasteiger partial charge on any atom is -0.496 e. The maximum absolute atomic E-state index is 12.1. The van der Waals surface area contributed by atoms with E-state index in [4.69, 9.17) is 9.84 Å². The number of ether oxygens (including phenoxy) is 1. The number of aromatic carboxylic acids is 1. The molecule has 0 aliphatic heterocycles. The van der Waals surface area contributed by atoms with Crippen LogP contribution in [-0.4, -0.2) is 36.4 Å². The van der Waals surface area contributed by atoms with Crippen molar-refractivity contribution in [3.63, 3.8) is 0 Å². The Morgan fingerprint density at radius 2 is 1.67 bits per heavy atom. The molecule has 0 saturated carbocycles. The highest BCUT2D eigenvalue weighted by molar-refractivity contribution is 5.98. The fourth-order valence-electron chi connectivity index (χ4n) is 2.62. The van der Waals surface area contributed by atoms with Crippen molar-refractivity contribution in [2.24, 2.45) is 0 Å². The number of aryl methyl sites for hydroxylation is 1. The van der Waals surface area contributed by atoms with Crippen LogP contribution in [0, 0.1) is 6.92 Å². The molecular weight excluding hydrogens is 346 g/mol. The number of nitrogens with one attached hydrogen (secondary N) is 1. The number of carboxylic acid groups (broad SMARTS) is 1. The first-order valence-corrected chi connectivity index (χ1v) is 8.67. The molecule has 0 aliphatic rings. The zero-order chi connectivity index (χ0) is 19.8. The van der Waals surface area contributed by atoms with Crippen LogP contribution in [0.5, 0.6) is 5.75 Å². The number of ketones is 1. The van der Waals surface area contributed by atoms with Crippen LogP contribution < -0.4 is 10.1 Å². The van der Waals surface area contributed by atoms with Crippen LogP contribution in [0.2, 0.25) is 0 Å². The van der Waals surface area contributed by atoms with Gasteiger partial charge in [0.25, 0.3) is 0 Å². The monoisotopic (exact) mass is 369 g/mol. The lowest BCUT2D eigenvalue weighted by atomic mass is 10.0. The minimum atomic E-state index is -1.02. The average Bonchev–Trinajstić information content (AvgIpc) is 2.66. The Bertz CT molecular complexity index is 827. The van der Waals surface area contributed by atoms with Crippen LogP contribution in [0.15, 0.2) is 42.5 Å². The number of carboxylic acids is 1. The largest absolute Gasteiger partial charge is 0.496 e. The summed E-state index contributed by atoms with van der Waals surface area (Å²) < 4.78 is 5.21. The molecule has 6 nitrogen and oxygen atoms in total. The van der Waals surface area contributed by atoms with Gasteiger partial charge in [-0.1, -0.05) is 35.9 Å². The predicted octanol–water partition coefficient (Wildman–Crippen LogP) is 3.02. The lowest BCUT2D eigenvalue weighted by molar-refractivity contribution is -0.121. The molecule has 1 amide bonds. The van der Waals surface area contributed by atoms with E-state index in [2.05, 4.69) is 5.32 Å². The second kappa shape index (κ2) is 9.52. The molecule has 0 bridgehead atoms. The Morgan fingerprint density at radius 3 is 2.30 bits per heavy atom. The van der Waals surface area contributed by atoms with Crippen molar-refractivity contribution < 1.29 is 24.2 Å². The zero-order valence-electron chi connectivity index (χ0n) is 15.5. The number of amides is 1. The van der Waals surface area contributed by atoms with Gasteiger partial charge in [-0.15, -0.1) is 0 Å². The number of Topliss-reactive ketones (excluding diaryl/α,β-unsaturated/α-hetero) is 1. The summed E-state index contributed by atoms with van der Waals surface area (Å²) in [5.41, 5.74) is 2.64. The summed E-state index contributed by atoms with van der Waals surface area (Å²) in [6, 6.07) is 11.9. The van der Waals surface area contributed by atoms with Crippen molar-refractivity contribution in [2.75, 3.05) is 13.7 Å². The van der Waals surface area contributed by atoms with Crippen LogP contribution in [0.3, 0.4) is 0 Å². The third-order valence-corrected chi connectivity index (χ3v) is 4.20. The summed E-state index contributed by atoms with van der Waals surface area (Å²) in [7, 11) is 1.47. The number of rotatable bonds is 9. The fraction of sp³-hybridized carbons (Fsp3) is 0.286. The lowest BCUT2D eigenvalue weighted by Gasteiger charge is -2.10. The van der Waals surface area contributed by atoms with Crippen LogP contribution >= 0.6 is 0 Å². The van der Waals surface area contributed by atoms with Gasteiger partial charge in [-0.25, -0.2) is 4.79 Å². The number of hydrogen-bond acceptors (Lipinski definition) is 4. The zero-order valence-corrected chi connectivity index (χ0v) is 15.5. The van der Waals surface area contributed by atoms with Gasteiger partial charge >= 0.3 is 5.97 Å². The van der Waals surface area contributed by atoms with Gasteiger partial charge in [0.1, 0.15) is 5.75 Å². The Balaban J connectivity index is 1.80. The molecule has 0 aliphatic carbocycles. The first-order valence-electron chi connectivity index (χ1n) is 8.67. The highest BCUT2D eigenvalue weighted by atomic mass is 16.5. The number of benzene rings is 2. The van der Waals surface area contributed by atoms with E-state index in [0.29, 0.717) is 24.3 Å². The summed E-state index contributed by atoms with van der Waals surface area (Å²) in [6.07, 6.45) is 0.786. The molecule has 2 aromatic rings. The SMILES string of the molecule is COc1cc(C(=O)O)ccc1CCNC(=O)CCC(=O)c1ccc(C)cc1. The summed E-state index contributed by atoms with van der Waals surface area (Å²) in [5, 5.41) is 11.8. The molecule has 0 fully saturated rings. The Kier molecular flexibility index (Phi) is 7.11. The van der Waals surface area contributed by atoms with E-state index in [0.717, 1.165) is 11.1 Å². The molecule has 0 heterocycles. The predicted molar refractivity (Wildman–Crippen MR) is 101 cm³/mol. The molecule has 6 heteroatoms. The molecule has 0 saturated heterocycles. The molecule has 2 N–H and O–H groups in total. The maximum Gasteiger partial charge on any atom is 0.335 e. The van der Waals surface area contributed by atoms with Crippen molar-refractivity contribution in [3.05, 3.63) is 64.7 Å². The van der Waals surface area contributed by atoms with Crippen molar-refractivity contribution in [3.8, 4) is 5.75 Å². The van der Waals surface area contributed by atoms with E-state index in [1.165, 1.54) is 19.2 Å². The summed E-state index contributed by atoms with van der Waals surface area (Å²) in [4.78, 5) is 35.0. The normalized spacial score (nSPS) is 10.3. The number of methoxy groups -OCH3 is 1. The lowest BCUT2D eigenvalue weighted by Crippen LogP contribution is -2.26. The number of carbonyl (C=O) groups excluding carboxylic acids is 2. The van der Waals surface area contributed by atoms with Gasteiger partial charge in [0.15, 0.2) is 5.78 Å². The number of hydrogen-bond donors (Lipinski definition) is 2. The van der Waals surface area contributed by atoms with Gasteiger partial charge in [-0.2, -0.15) is 0 Å². The highest BCUT2D eigenvalue weighted by Crippen LogP contribution is 2.20. The first kappa shape index (κ1) is 20.2. The molecule has 2 rings (SSSR count). The standard InChI is InChI=1S/C21H23NO5/c1-14-3-5-15(6-4-14)18(23)9-10-20(24)22-12-11-16-7-8-17(21(25)26)13-19(16)27-2/h3-8,13H,9-12H2,1-2H3,(H,22,24)(H,25,26). The molecular formula is C21H23NO5. The van der Waals surface area contributed by atoms with Crippen LogP contribution in [0.25, 0.3) is 0 Å². The topological polar surface area (TPSA) is 92.7 Å². The molecule has 142 valence electrons. The van der Waals surface area contributed by atoms with Crippen LogP contribution in [-0.2, 0) is 11.2 Å². The Hall–Kier alpha value is -3.15. The van der Waals surface area contributed by atoms with Crippen molar-refractivity contribution in [1.82, 2.24) is 5.32 Å². The average molecular weight is 369 g/mol. The van der Waals surface area contributed by atoms with E-state index in [-0.39, 0.29) is 30.1 Å². The Morgan fingerprint density at radius 1 is 1.00 bits per heavy atom. The van der Waals surface area contributed by atoms with Crippen molar-refractivity contribution >= 4 is 17.7 Å². The summed E-state index contributed by atoms with van der Waals surface area (Å²) in [5.74, 6) is -0.808. The van der Waals surface area contributed by atoms with E-state index in [9.17, 15) is 14.4 Å². The Labute approximate surface area is 158 Å². The van der Waals surface area contributed by atoms with E-state index < -0.39 is 5.97 Å². The van der Waals surface area contributed by atoms with Gasteiger partial charge in [-0.05, 0) is 31.0 Å². The van der Waals surface area contributed by atoms with Gasteiger partial charge < -0.3 is 15.2 Å². The van der Waals surface area contributed by atoms with E-state index in [1.807, 2.05) is 19.1 Å². The second-order valence-electron chi connectivity index (χ2n) is 6.22. The third-order valence-electron chi connectivity index (χ3n) is 4.20. The highest BCUT2D eigenvalue weighted by Gasteiger charge is 2.11. The molecule has 27 heavy (non-hydrogen) atoms. The molecule has 2 aromatic carbocycles. The second-order valence-corrected chi connectivity index (χ2v) is 6.22. The molecule has 0 radical (unpaired) electrons. The molecule has 0 unspecified atom stereocenters. The van der Waals surface area contributed by atoms with Gasteiger partial charge in [-0.3, -0.25) is 9.59 Å². The van der Waals surface area contributed by atoms with E-state index >= 15 is 0 Å². The minimum absolute atomic E-state index is 0.0592. The smallest absolute Gasteiger partial charge is 0.335 e. The fourth-order valence-corrected chi connectivity index (χ4v) is 2.62. The quantitative estimate of drug-likeness (QED) is 0.663. The summed E-state index contributed by atoms with van der Waals surface area (Å²) in [6.45, 7) is 2.33. The van der Waals surface area contributed by atoms with Gasteiger partial charge in [0, 0.05) is 24.9 Å². The third kappa shape index (κ3) is 5.95. The van der Waals surface area contributed by atoms with Crippen LogP contribution in [0.4, 0.5) is 0 Å². The first-order chi connectivity index (χ1) is 12.9. The molecule has 0 spiro atoms. The maximum atomic E-state index is 12.1. The van der Waals surface area contributed by atoms with Crippen molar-refractivity contribution in [2.45, 2.75) is 26.2 Å².